The predicted molar refractivity (Wildman–Crippen MR) is 127 cm³/mol. The lowest BCUT2D eigenvalue weighted by atomic mass is 10.1. The molecule has 1 amide bonds. The van der Waals surface area contributed by atoms with Crippen LogP contribution in [0.2, 0.25) is 5.02 Å². The zero-order valence-corrected chi connectivity index (χ0v) is 19.0. The first-order valence-electron chi connectivity index (χ1n) is 10.6. The average molecular weight is 463 g/mol. The summed E-state index contributed by atoms with van der Waals surface area (Å²) in [7, 11) is 0. The third-order valence-electron chi connectivity index (χ3n) is 5.15. The molecule has 2 heterocycles. The first kappa shape index (κ1) is 22.5. The topological polar surface area (TPSA) is 86.1 Å². The second-order valence-corrected chi connectivity index (χ2v) is 7.97. The van der Waals surface area contributed by atoms with Crippen LogP contribution in [0.1, 0.15) is 29.8 Å². The minimum atomic E-state index is -0.926. The van der Waals surface area contributed by atoms with Crippen molar-refractivity contribution in [2.75, 3.05) is 6.54 Å². The van der Waals surface area contributed by atoms with E-state index in [-0.39, 0.29) is 5.91 Å². The van der Waals surface area contributed by atoms with Crippen molar-refractivity contribution in [3.05, 3.63) is 83.0 Å². The van der Waals surface area contributed by atoms with Gasteiger partial charge in [-0.15, -0.1) is 0 Å². The molecule has 1 atom stereocenters. The van der Waals surface area contributed by atoms with Gasteiger partial charge in [0.15, 0.2) is 11.8 Å². The van der Waals surface area contributed by atoms with E-state index in [1.807, 2.05) is 54.6 Å². The van der Waals surface area contributed by atoms with Gasteiger partial charge in [-0.05, 0) is 37.6 Å². The molecule has 0 saturated heterocycles. The van der Waals surface area contributed by atoms with Gasteiger partial charge < -0.3 is 10.1 Å². The molecule has 33 heavy (non-hydrogen) atoms. The van der Waals surface area contributed by atoms with Gasteiger partial charge in [-0.2, -0.15) is 5.10 Å². The number of hydrogen-bond donors (Lipinski definition) is 1. The van der Waals surface area contributed by atoms with Gasteiger partial charge in [0.1, 0.15) is 0 Å². The van der Waals surface area contributed by atoms with E-state index in [2.05, 4.69) is 10.4 Å². The van der Waals surface area contributed by atoms with Gasteiger partial charge in [-0.1, -0.05) is 54.1 Å². The van der Waals surface area contributed by atoms with Gasteiger partial charge in [0.2, 0.25) is 0 Å². The molecule has 1 unspecified atom stereocenters. The number of pyridine rings is 1. The van der Waals surface area contributed by atoms with Gasteiger partial charge in [0.25, 0.3) is 5.91 Å². The number of halogens is 1. The monoisotopic (exact) mass is 462 g/mol. The molecule has 4 rings (SSSR count). The largest absolute Gasteiger partial charge is 0.449 e. The van der Waals surface area contributed by atoms with Crippen LogP contribution in [-0.4, -0.2) is 39.3 Å². The first-order chi connectivity index (χ1) is 16.0. The number of fused-ring (bicyclic) bond motifs is 1. The summed E-state index contributed by atoms with van der Waals surface area (Å²) < 4.78 is 7.19. The minimum Gasteiger partial charge on any atom is -0.449 e. The van der Waals surface area contributed by atoms with E-state index in [1.54, 1.807) is 30.8 Å². The number of rotatable bonds is 7. The molecular weight excluding hydrogens is 440 g/mol. The van der Waals surface area contributed by atoms with Crippen LogP contribution in [0.4, 0.5) is 0 Å². The summed E-state index contributed by atoms with van der Waals surface area (Å²) in [5.74, 6) is -0.956. The van der Waals surface area contributed by atoms with Crippen molar-refractivity contribution in [3.8, 4) is 11.3 Å². The second-order valence-electron chi connectivity index (χ2n) is 7.53. The number of carbonyl (C=O) groups is 2. The maximum Gasteiger partial charge on any atom is 0.339 e. The maximum atomic E-state index is 13.1. The maximum absolute atomic E-state index is 13.1. The molecule has 7 nitrogen and oxygen atoms in total. The van der Waals surface area contributed by atoms with Crippen molar-refractivity contribution in [3.63, 3.8) is 0 Å². The van der Waals surface area contributed by atoms with Crippen LogP contribution in [0.3, 0.4) is 0 Å². The SMILES string of the molecule is CCNC(=O)C(C)OC(=O)c1cc(-c2ccccc2)nc2c1cnn2Cc1ccc(Cl)cc1. The normalized spacial score (nSPS) is 11.8. The quantitative estimate of drug-likeness (QED) is 0.409. The molecule has 0 spiro atoms. The third kappa shape index (κ3) is 5.04. The van der Waals surface area contributed by atoms with Crippen LogP contribution in [0.15, 0.2) is 66.9 Å². The van der Waals surface area contributed by atoms with Gasteiger partial charge in [0, 0.05) is 17.1 Å². The number of nitrogens with zero attached hydrogens (tertiary/aromatic N) is 3. The summed E-state index contributed by atoms with van der Waals surface area (Å²) in [4.78, 5) is 29.9. The molecule has 4 aromatic rings. The zero-order valence-electron chi connectivity index (χ0n) is 18.3. The standard InChI is InChI=1S/C25H23ClN4O3/c1-3-27-24(31)16(2)33-25(32)20-13-22(18-7-5-4-6-8-18)29-23-21(20)14-28-30(23)15-17-9-11-19(26)12-10-17/h4-14,16H,3,15H2,1-2H3,(H,27,31). The highest BCUT2D eigenvalue weighted by Gasteiger charge is 2.23. The van der Waals surface area contributed by atoms with E-state index in [4.69, 9.17) is 21.3 Å². The van der Waals surface area contributed by atoms with E-state index in [0.717, 1.165) is 11.1 Å². The number of aromatic nitrogens is 3. The summed E-state index contributed by atoms with van der Waals surface area (Å²) in [6.07, 6.45) is 0.672. The van der Waals surface area contributed by atoms with Crippen LogP contribution in [0.5, 0.6) is 0 Å². The smallest absolute Gasteiger partial charge is 0.339 e. The van der Waals surface area contributed by atoms with Gasteiger partial charge in [-0.3, -0.25) is 4.79 Å². The summed E-state index contributed by atoms with van der Waals surface area (Å²) >= 11 is 6.00. The van der Waals surface area contributed by atoms with Crippen LogP contribution in [-0.2, 0) is 16.1 Å². The Hall–Kier alpha value is -3.71. The number of nitrogens with one attached hydrogen (secondary N) is 1. The van der Waals surface area contributed by atoms with E-state index in [9.17, 15) is 9.59 Å². The average Bonchev–Trinajstić information content (AvgIpc) is 3.23. The van der Waals surface area contributed by atoms with Crippen LogP contribution >= 0.6 is 11.6 Å². The van der Waals surface area contributed by atoms with E-state index in [1.165, 1.54) is 0 Å². The Morgan fingerprint density at radius 1 is 1.12 bits per heavy atom. The van der Waals surface area contributed by atoms with Crippen molar-refractivity contribution in [2.45, 2.75) is 26.5 Å². The van der Waals surface area contributed by atoms with E-state index in [0.29, 0.717) is 40.4 Å². The Morgan fingerprint density at radius 3 is 2.55 bits per heavy atom. The Balaban J connectivity index is 1.76. The van der Waals surface area contributed by atoms with Crippen molar-refractivity contribution in [1.29, 1.82) is 0 Å². The Morgan fingerprint density at radius 2 is 1.85 bits per heavy atom. The number of carbonyl (C=O) groups excluding carboxylic acids is 2. The summed E-state index contributed by atoms with van der Waals surface area (Å²) in [5.41, 5.74) is 3.30. The number of amides is 1. The van der Waals surface area contributed by atoms with Gasteiger partial charge in [-0.25, -0.2) is 14.5 Å². The summed E-state index contributed by atoms with van der Waals surface area (Å²) in [6.45, 7) is 4.26. The number of esters is 1. The molecule has 1 N–H and O–H groups in total. The fraction of sp³-hybridized carbons (Fsp3) is 0.200. The van der Waals surface area contributed by atoms with Crippen LogP contribution < -0.4 is 5.32 Å². The number of ether oxygens (including phenoxy) is 1. The van der Waals surface area contributed by atoms with E-state index < -0.39 is 12.1 Å². The predicted octanol–water partition coefficient (Wildman–Crippen LogP) is 4.48. The first-order valence-corrected chi connectivity index (χ1v) is 11.0. The molecular formula is C25H23ClN4O3. The highest BCUT2D eigenvalue weighted by Crippen LogP contribution is 2.26. The molecule has 0 fully saturated rings. The van der Waals surface area contributed by atoms with E-state index >= 15 is 0 Å². The zero-order chi connectivity index (χ0) is 23.4. The molecule has 0 bridgehead atoms. The van der Waals surface area contributed by atoms with Crippen LogP contribution in [0, 0.1) is 0 Å². The molecule has 0 aliphatic rings. The van der Waals surface area contributed by atoms with Crippen molar-refractivity contribution < 1.29 is 14.3 Å². The highest BCUT2D eigenvalue weighted by atomic mass is 35.5. The molecule has 0 saturated carbocycles. The van der Waals surface area contributed by atoms with Crippen molar-refractivity contribution >= 4 is 34.5 Å². The molecule has 0 aliphatic carbocycles. The fourth-order valence-electron chi connectivity index (χ4n) is 3.45. The molecule has 0 aliphatic heterocycles. The van der Waals surface area contributed by atoms with Crippen molar-refractivity contribution in [1.82, 2.24) is 20.1 Å². The Kier molecular flexibility index (Phi) is 6.70. The van der Waals surface area contributed by atoms with Gasteiger partial charge in [0.05, 0.1) is 29.4 Å². The molecule has 2 aromatic carbocycles. The summed E-state index contributed by atoms with van der Waals surface area (Å²) in [5, 5.41) is 8.33. The number of likely N-dealkylation sites (N-methyl/N-ethyl adjacent to an activating group) is 1. The molecule has 168 valence electrons. The van der Waals surface area contributed by atoms with Gasteiger partial charge >= 0.3 is 5.97 Å². The lowest BCUT2D eigenvalue weighted by Crippen LogP contribution is -2.35. The van der Waals surface area contributed by atoms with Crippen LogP contribution in [0.25, 0.3) is 22.3 Å². The Labute approximate surface area is 196 Å². The molecule has 8 heteroatoms. The molecule has 0 radical (unpaired) electrons. The lowest BCUT2D eigenvalue weighted by Gasteiger charge is -2.14. The van der Waals surface area contributed by atoms with Crippen molar-refractivity contribution in [2.24, 2.45) is 0 Å². The Bertz CT molecular complexity index is 1290. The third-order valence-corrected chi connectivity index (χ3v) is 5.40. The number of hydrogen-bond acceptors (Lipinski definition) is 5. The minimum absolute atomic E-state index is 0.303. The highest BCUT2D eigenvalue weighted by molar-refractivity contribution is 6.30. The molecule has 2 aromatic heterocycles. The lowest BCUT2D eigenvalue weighted by molar-refractivity contribution is -0.128. The number of benzene rings is 2. The fourth-order valence-corrected chi connectivity index (χ4v) is 3.57. The summed E-state index contributed by atoms with van der Waals surface area (Å²) in [6, 6.07) is 18.7. The second kappa shape index (κ2) is 9.83.